The lowest BCUT2D eigenvalue weighted by atomic mass is 9.77. The highest BCUT2D eigenvalue weighted by molar-refractivity contribution is 7.99. The van der Waals surface area contributed by atoms with Crippen molar-refractivity contribution >= 4 is 35.1 Å². The lowest BCUT2D eigenvalue weighted by Gasteiger charge is -2.29. The molecule has 1 aliphatic heterocycles. The summed E-state index contributed by atoms with van der Waals surface area (Å²) >= 11 is 7.74. The standard InChI is InChI=1S/C21H23ClO4S/c1-10-7-16(24)19-13(9-27-17-6-4-3-5-14(17)22)21(25)26-20(19)18-11(2)15(23)8-12(10)18/h3-6,11-13,16,18-20,24H,1,7-9H2,2H3/t11-,12+,13+,16+,18+,19-,20+/m1/s1. The normalized spacial score (nSPS) is 38.3. The molecule has 1 heterocycles. The number of hydrogen-bond acceptors (Lipinski definition) is 5. The average molecular weight is 407 g/mol. The molecule has 27 heavy (non-hydrogen) atoms. The number of aliphatic hydroxyl groups is 1. The molecule has 4 nitrogen and oxygen atoms in total. The second kappa shape index (κ2) is 7.26. The molecule has 1 N–H and O–H groups in total. The number of ether oxygens (including phenoxy) is 1. The molecular formula is C21H23ClO4S. The molecular weight excluding hydrogens is 384 g/mol. The Labute approximate surface area is 168 Å². The Balaban J connectivity index is 1.60. The zero-order valence-corrected chi connectivity index (χ0v) is 16.7. The number of aliphatic hydroxyl groups excluding tert-OH is 1. The molecule has 2 aliphatic carbocycles. The van der Waals surface area contributed by atoms with Crippen molar-refractivity contribution in [1.82, 2.24) is 0 Å². The van der Waals surface area contributed by atoms with Crippen LogP contribution in [0.25, 0.3) is 0 Å². The van der Waals surface area contributed by atoms with Crippen molar-refractivity contribution in [3.8, 4) is 0 Å². The average Bonchev–Trinajstić information content (AvgIpc) is 3.07. The number of rotatable bonds is 3. The van der Waals surface area contributed by atoms with Gasteiger partial charge in [-0.1, -0.05) is 42.8 Å². The Kier molecular flexibility index (Phi) is 5.12. The summed E-state index contributed by atoms with van der Waals surface area (Å²) in [5.41, 5.74) is 0.910. The maximum atomic E-state index is 12.7. The van der Waals surface area contributed by atoms with Crippen LogP contribution in [0.1, 0.15) is 19.8 Å². The fraction of sp³-hybridized carbons (Fsp3) is 0.524. The molecule has 0 amide bonds. The molecule has 6 heteroatoms. The van der Waals surface area contributed by atoms with Crippen molar-refractivity contribution < 1.29 is 19.4 Å². The molecule has 0 spiro atoms. The summed E-state index contributed by atoms with van der Waals surface area (Å²) in [7, 11) is 0. The van der Waals surface area contributed by atoms with Crippen molar-refractivity contribution in [2.24, 2.45) is 29.6 Å². The Morgan fingerprint density at radius 2 is 2.00 bits per heavy atom. The first-order chi connectivity index (χ1) is 12.9. The fourth-order valence-electron chi connectivity index (χ4n) is 5.02. The van der Waals surface area contributed by atoms with Crippen molar-refractivity contribution in [2.75, 3.05) is 5.75 Å². The molecule has 0 radical (unpaired) electrons. The van der Waals surface area contributed by atoms with Crippen LogP contribution in [0.15, 0.2) is 41.3 Å². The van der Waals surface area contributed by atoms with Crippen LogP contribution in [0.3, 0.4) is 0 Å². The van der Waals surface area contributed by atoms with Gasteiger partial charge >= 0.3 is 5.97 Å². The quantitative estimate of drug-likeness (QED) is 0.470. The van der Waals surface area contributed by atoms with Gasteiger partial charge in [0, 0.05) is 34.8 Å². The first-order valence-corrected chi connectivity index (χ1v) is 10.7. The van der Waals surface area contributed by atoms with E-state index in [4.69, 9.17) is 16.3 Å². The van der Waals surface area contributed by atoms with Gasteiger partial charge in [-0.05, 0) is 24.5 Å². The molecule has 3 fully saturated rings. The Morgan fingerprint density at radius 1 is 1.26 bits per heavy atom. The van der Waals surface area contributed by atoms with Gasteiger partial charge in [0.25, 0.3) is 0 Å². The summed E-state index contributed by atoms with van der Waals surface area (Å²) in [5.74, 6) is -0.563. The highest BCUT2D eigenvalue weighted by Gasteiger charge is 2.58. The van der Waals surface area contributed by atoms with Crippen molar-refractivity contribution in [3.63, 3.8) is 0 Å². The molecule has 144 valence electrons. The Morgan fingerprint density at radius 3 is 2.74 bits per heavy atom. The number of esters is 1. The van der Waals surface area contributed by atoms with E-state index in [0.29, 0.717) is 23.6 Å². The minimum Gasteiger partial charge on any atom is -0.461 e. The fourth-order valence-corrected chi connectivity index (χ4v) is 6.41. The topological polar surface area (TPSA) is 63.6 Å². The smallest absolute Gasteiger partial charge is 0.310 e. The van der Waals surface area contributed by atoms with Crippen LogP contribution >= 0.6 is 23.4 Å². The second-order valence-electron chi connectivity index (χ2n) is 7.90. The number of halogens is 1. The molecule has 4 rings (SSSR count). The SMILES string of the molecule is C=C1C[C@H](O)[C@@H]2[C@@H](OC(=O)[C@H]2CSc2ccccc2Cl)[C@H]2[C@H](C)C(=O)C[C@@H]12. The zero-order chi connectivity index (χ0) is 19.3. The molecule has 7 atom stereocenters. The van der Waals surface area contributed by atoms with Gasteiger partial charge in [0.15, 0.2) is 0 Å². The van der Waals surface area contributed by atoms with Crippen molar-refractivity contribution in [2.45, 2.75) is 36.9 Å². The van der Waals surface area contributed by atoms with Gasteiger partial charge in [-0.25, -0.2) is 0 Å². The van der Waals surface area contributed by atoms with Gasteiger partial charge in [-0.2, -0.15) is 0 Å². The summed E-state index contributed by atoms with van der Waals surface area (Å²) in [4.78, 5) is 25.9. The minimum atomic E-state index is -0.682. The first kappa shape index (κ1) is 19.0. The highest BCUT2D eigenvalue weighted by Crippen LogP contribution is 2.52. The minimum absolute atomic E-state index is 0.0000733. The van der Waals surface area contributed by atoms with Gasteiger partial charge in [0.05, 0.1) is 17.0 Å². The third-order valence-electron chi connectivity index (χ3n) is 6.44. The van der Waals surface area contributed by atoms with E-state index in [1.807, 2.05) is 31.2 Å². The number of carbonyl (C=O) groups is 2. The molecule has 3 aliphatic rings. The molecule has 0 unspecified atom stereocenters. The molecule has 1 aromatic carbocycles. The summed E-state index contributed by atoms with van der Waals surface area (Å²) in [5, 5.41) is 11.5. The van der Waals surface area contributed by atoms with Crippen LogP contribution in [0.5, 0.6) is 0 Å². The van der Waals surface area contributed by atoms with E-state index in [0.717, 1.165) is 10.5 Å². The van der Waals surface area contributed by atoms with Crippen molar-refractivity contribution in [3.05, 3.63) is 41.4 Å². The monoisotopic (exact) mass is 406 g/mol. The van der Waals surface area contributed by atoms with Gasteiger partial charge < -0.3 is 9.84 Å². The van der Waals surface area contributed by atoms with Gasteiger partial charge in [-0.3, -0.25) is 9.59 Å². The molecule has 1 aromatic rings. The largest absolute Gasteiger partial charge is 0.461 e. The molecule has 0 aromatic heterocycles. The number of Topliss-reactive ketones (excluding diaryl/α,β-unsaturated/α-hetero) is 1. The van der Waals surface area contributed by atoms with Crippen LogP contribution in [0.2, 0.25) is 5.02 Å². The van der Waals surface area contributed by atoms with E-state index in [1.165, 1.54) is 11.8 Å². The number of ketones is 1. The lowest BCUT2D eigenvalue weighted by molar-refractivity contribution is -0.146. The molecule has 0 bridgehead atoms. The lowest BCUT2D eigenvalue weighted by Crippen LogP contribution is -2.38. The maximum absolute atomic E-state index is 12.7. The number of carbonyl (C=O) groups excluding carboxylic acids is 2. The van der Waals surface area contributed by atoms with Crippen LogP contribution in [0, 0.1) is 29.6 Å². The maximum Gasteiger partial charge on any atom is 0.310 e. The number of benzene rings is 1. The van der Waals surface area contributed by atoms with E-state index in [-0.39, 0.29) is 35.4 Å². The molecule has 1 saturated heterocycles. The number of hydrogen-bond donors (Lipinski definition) is 1. The van der Waals surface area contributed by atoms with Gasteiger partial charge in [-0.15, -0.1) is 11.8 Å². The van der Waals surface area contributed by atoms with E-state index in [2.05, 4.69) is 6.58 Å². The first-order valence-electron chi connectivity index (χ1n) is 9.34. The van der Waals surface area contributed by atoms with Gasteiger partial charge in [0.2, 0.25) is 0 Å². The van der Waals surface area contributed by atoms with Crippen LogP contribution in [-0.4, -0.2) is 34.8 Å². The predicted octanol–water partition coefficient (Wildman–Crippen LogP) is 3.75. The number of thioether (sulfide) groups is 1. The van der Waals surface area contributed by atoms with Crippen LogP contribution in [-0.2, 0) is 14.3 Å². The third-order valence-corrected chi connectivity index (χ3v) is 8.08. The van der Waals surface area contributed by atoms with E-state index >= 15 is 0 Å². The number of fused-ring (bicyclic) bond motifs is 3. The third kappa shape index (κ3) is 3.24. The summed E-state index contributed by atoms with van der Waals surface area (Å²) in [6, 6.07) is 7.51. The Hall–Kier alpha value is -1.30. The Bertz CT molecular complexity index is 794. The second-order valence-corrected chi connectivity index (χ2v) is 9.37. The molecule has 2 saturated carbocycles. The van der Waals surface area contributed by atoms with Gasteiger partial charge in [0.1, 0.15) is 11.9 Å². The zero-order valence-electron chi connectivity index (χ0n) is 15.1. The van der Waals surface area contributed by atoms with Crippen molar-refractivity contribution in [1.29, 1.82) is 0 Å². The predicted molar refractivity (Wildman–Crippen MR) is 105 cm³/mol. The highest BCUT2D eigenvalue weighted by atomic mass is 35.5. The van der Waals surface area contributed by atoms with E-state index < -0.39 is 18.1 Å². The van der Waals surface area contributed by atoms with Crippen LogP contribution < -0.4 is 0 Å². The van der Waals surface area contributed by atoms with Crippen LogP contribution in [0.4, 0.5) is 0 Å². The summed E-state index contributed by atoms with van der Waals surface area (Å²) < 4.78 is 5.79. The van der Waals surface area contributed by atoms with E-state index in [9.17, 15) is 14.7 Å². The summed E-state index contributed by atoms with van der Waals surface area (Å²) in [6.45, 7) is 6.05. The summed E-state index contributed by atoms with van der Waals surface area (Å²) in [6.07, 6.45) is -0.239. The van der Waals surface area contributed by atoms with E-state index in [1.54, 1.807) is 0 Å².